The molecule has 0 aromatic heterocycles. The number of alkyl halides is 2. The SMILES string of the molecule is COc1cccc2c1C(F)(F)CCS2. The Bertz CT molecular complexity index is 338. The molecule has 0 N–H and O–H groups in total. The standard InChI is InChI=1S/C10H10F2OS/c1-13-7-3-2-4-8-9(7)10(11,12)5-6-14-8/h2-4H,5-6H2,1H3. The van der Waals surface area contributed by atoms with E-state index in [1.165, 1.54) is 18.9 Å². The van der Waals surface area contributed by atoms with E-state index >= 15 is 0 Å². The zero-order valence-corrected chi connectivity index (χ0v) is 8.54. The Morgan fingerprint density at radius 1 is 1.43 bits per heavy atom. The van der Waals surface area contributed by atoms with Gasteiger partial charge in [-0.25, -0.2) is 8.78 Å². The second-order valence-electron chi connectivity index (χ2n) is 3.14. The van der Waals surface area contributed by atoms with Gasteiger partial charge in [0.15, 0.2) is 0 Å². The van der Waals surface area contributed by atoms with Crippen molar-refractivity contribution in [2.75, 3.05) is 12.9 Å². The molecule has 1 nitrogen and oxygen atoms in total. The van der Waals surface area contributed by atoms with Gasteiger partial charge in [-0.05, 0) is 12.1 Å². The Hall–Kier alpha value is -0.770. The molecule has 0 unspecified atom stereocenters. The number of benzene rings is 1. The second kappa shape index (κ2) is 3.42. The topological polar surface area (TPSA) is 9.23 Å². The number of ether oxygens (including phenoxy) is 1. The van der Waals surface area contributed by atoms with Crippen LogP contribution in [0.2, 0.25) is 0 Å². The third-order valence-electron chi connectivity index (χ3n) is 2.25. The maximum absolute atomic E-state index is 13.6. The van der Waals surface area contributed by atoms with Crippen LogP contribution in [0, 0.1) is 0 Å². The van der Waals surface area contributed by atoms with Crippen molar-refractivity contribution >= 4 is 11.8 Å². The van der Waals surface area contributed by atoms with Crippen LogP contribution in [0.5, 0.6) is 5.75 Å². The summed E-state index contributed by atoms with van der Waals surface area (Å²) >= 11 is 1.46. The molecule has 1 heterocycles. The quantitative estimate of drug-likeness (QED) is 0.712. The van der Waals surface area contributed by atoms with Crippen LogP contribution in [0.1, 0.15) is 12.0 Å². The zero-order chi connectivity index (χ0) is 10.2. The molecule has 76 valence electrons. The first kappa shape index (κ1) is 9.77. The molecule has 0 amide bonds. The van der Waals surface area contributed by atoms with Gasteiger partial charge in [0.25, 0.3) is 5.92 Å². The fourth-order valence-electron chi connectivity index (χ4n) is 1.58. The molecule has 1 aromatic carbocycles. The molecule has 0 aliphatic carbocycles. The van der Waals surface area contributed by atoms with Crippen LogP contribution < -0.4 is 4.74 Å². The van der Waals surface area contributed by atoms with Crippen LogP contribution in [0.25, 0.3) is 0 Å². The molecule has 14 heavy (non-hydrogen) atoms. The van der Waals surface area contributed by atoms with Crippen molar-refractivity contribution in [1.82, 2.24) is 0 Å². The number of hydrogen-bond acceptors (Lipinski definition) is 2. The monoisotopic (exact) mass is 216 g/mol. The van der Waals surface area contributed by atoms with Crippen molar-refractivity contribution < 1.29 is 13.5 Å². The number of rotatable bonds is 1. The van der Waals surface area contributed by atoms with Crippen molar-refractivity contribution in [3.8, 4) is 5.75 Å². The van der Waals surface area contributed by atoms with E-state index in [0.29, 0.717) is 16.4 Å². The highest BCUT2D eigenvalue weighted by Crippen LogP contribution is 2.47. The molecule has 0 radical (unpaired) electrons. The molecule has 0 bridgehead atoms. The molecule has 1 aliphatic heterocycles. The van der Waals surface area contributed by atoms with Crippen molar-refractivity contribution in [2.45, 2.75) is 17.2 Å². The highest BCUT2D eigenvalue weighted by Gasteiger charge is 2.39. The first-order valence-electron chi connectivity index (χ1n) is 4.33. The summed E-state index contributed by atoms with van der Waals surface area (Å²) in [5.41, 5.74) is 0.0544. The van der Waals surface area contributed by atoms with Gasteiger partial charge in [-0.3, -0.25) is 0 Å². The van der Waals surface area contributed by atoms with Crippen molar-refractivity contribution in [2.24, 2.45) is 0 Å². The van der Waals surface area contributed by atoms with E-state index in [9.17, 15) is 8.78 Å². The zero-order valence-electron chi connectivity index (χ0n) is 7.72. The third kappa shape index (κ3) is 1.47. The first-order chi connectivity index (χ1) is 6.65. The molecule has 0 saturated heterocycles. The van der Waals surface area contributed by atoms with E-state index in [0.717, 1.165) is 0 Å². The fourth-order valence-corrected chi connectivity index (χ4v) is 2.72. The molecular formula is C10H10F2OS. The molecule has 0 saturated carbocycles. The van der Waals surface area contributed by atoms with Gasteiger partial charge >= 0.3 is 0 Å². The van der Waals surface area contributed by atoms with Crippen LogP contribution in [-0.4, -0.2) is 12.9 Å². The highest BCUT2D eigenvalue weighted by molar-refractivity contribution is 7.99. The average Bonchev–Trinajstić information content (AvgIpc) is 2.16. The third-order valence-corrected chi connectivity index (χ3v) is 3.31. The summed E-state index contributed by atoms with van der Waals surface area (Å²) in [6, 6.07) is 5.04. The smallest absolute Gasteiger partial charge is 0.278 e. The van der Waals surface area contributed by atoms with Crippen molar-refractivity contribution in [1.29, 1.82) is 0 Å². The van der Waals surface area contributed by atoms with Crippen LogP contribution in [-0.2, 0) is 5.92 Å². The Balaban J connectivity index is 2.58. The number of thioether (sulfide) groups is 1. The van der Waals surface area contributed by atoms with E-state index in [1.54, 1.807) is 18.2 Å². The number of fused-ring (bicyclic) bond motifs is 1. The lowest BCUT2D eigenvalue weighted by Gasteiger charge is -2.26. The largest absolute Gasteiger partial charge is 0.496 e. The minimum Gasteiger partial charge on any atom is -0.496 e. The molecule has 0 fully saturated rings. The molecule has 1 aromatic rings. The molecule has 2 rings (SSSR count). The molecule has 4 heteroatoms. The lowest BCUT2D eigenvalue weighted by atomic mass is 10.0. The molecule has 1 aliphatic rings. The van der Waals surface area contributed by atoms with E-state index in [2.05, 4.69) is 0 Å². The van der Waals surface area contributed by atoms with Crippen LogP contribution in [0.3, 0.4) is 0 Å². The van der Waals surface area contributed by atoms with Gasteiger partial charge in [0.1, 0.15) is 5.75 Å². The fraction of sp³-hybridized carbons (Fsp3) is 0.400. The molecule has 0 spiro atoms. The van der Waals surface area contributed by atoms with Gasteiger partial charge in [0.2, 0.25) is 0 Å². The Kier molecular flexibility index (Phi) is 2.39. The Morgan fingerprint density at radius 3 is 2.93 bits per heavy atom. The van der Waals surface area contributed by atoms with Crippen molar-refractivity contribution in [3.63, 3.8) is 0 Å². The second-order valence-corrected chi connectivity index (χ2v) is 4.27. The summed E-state index contributed by atoms with van der Waals surface area (Å²) in [4.78, 5) is 0.639. The van der Waals surface area contributed by atoms with Gasteiger partial charge in [-0.2, -0.15) is 0 Å². The van der Waals surface area contributed by atoms with Crippen LogP contribution >= 0.6 is 11.8 Å². The summed E-state index contributed by atoms with van der Waals surface area (Å²) in [5, 5.41) is 0. The minimum atomic E-state index is -2.74. The normalized spacial score (nSPS) is 18.8. The Labute approximate surface area is 85.5 Å². The summed E-state index contributed by atoms with van der Waals surface area (Å²) in [6.07, 6.45) is -0.106. The van der Waals surface area contributed by atoms with Crippen molar-refractivity contribution in [3.05, 3.63) is 23.8 Å². The van der Waals surface area contributed by atoms with E-state index < -0.39 is 5.92 Å². The average molecular weight is 216 g/mol. The van der Waals surface area contributed by atoms with Gasteiger partial charge in [-0.1, -0.05) is 6.07 Å². The van der Waals surface area contributed by atoms with E-state index in [4.69, 9.17) is 4.74 Å². The number of hydrogen-bond donors (Lipinski definition) is 0. The van der Waals surface area contributed by atoms with E-state index in [-0.39, 0.29) is 12.0 Å². The lowest BCUT2D eigenvalue weighted by Crippen LogP contribution is -2.20. The van der Waals surface area contributed by atoms with E-state index in [1.807, 2.05) is 0 Å². The molecule has 0 atom stereocenters. The van der Waals surface area contributed by atoms with Gasteiger partial charge < -0.3 is 4.74 Å². The lowest BCUT2D eigenvalue weighted by molar-refractivity contribution is -0.0137. The summed E-state index contributed by atoms with van der Waals surface area (Å²) in [7, 11) is 1.42. The van der Waals surface area contributed by atoms with Crippen LogP contribution in [0.15, 0.2) is 23.1 Å². The predicted octanol–water partition coefficient (Wildman–Crippen LogP) is 3.28. The highest BCUT2D eigenvalue weighted by atomic mass is 32.2. The Morgan fingerprint density at radius 2 is 2.21 bits per heavy atom. The molecular weight excluding hydrogens is 206 g/mol. The number of methoxy groups -OCH3 is 1. The summed E-state index contributed by atoms with van der Waals surface area (Å²) in [5.74, 6) is -1.99. The van der Waals surface area contributed by atoms with Crippen LogP contribution in [0.4, 0.5) is 8.78 Å². The summed E-state index contributed by atoms with van der Waals surface area (Å²) in [6.45, 7) is 0. The first-order valence-corrected chi connectivity index (χ1v) is 5.32. The van der Waals surface area contributed by atoms with Gasteiger partial charge in [-0.15, -0.1) is 11.8 Å². The minimum absolute atomic E-state index is 0.0544. The maximum atomic E-state index is 13.6. The number of halogens is 2. The maximum Gasteiger partial charge on any atom is 0.278 e. The van der Waals surface area contributed by atoms with Gasteiger partial charge in [0, 0.05) is 17.1 Å². The summed E-state index contributed by atoms with van der Waals surface area (Å²) < 4.78 is 32.1. The predicted molar refractivity (Wildman–Crippen MR) is 52.2 cm³/mol. The van der Waals surface area contributed by atoms with Gasteiger partial charge in [0.05, 0.1) is 12.7 Å².